The number of rotatable bonds is 6. The Balaban J connectivity index is 3.19. The number of sulfonamides is 1. The fraction of sp³-hybridized carbons (Fsp3) is 0.500. The molecule has 0 aliphatic rings. The van der Waals surface area contributed by atoms with Gasteiger partial charge in [-0.25, -0.2) is 18.2 Å². The number of carboxylic acid groups (broad SMARTS) is 1. The zero-order valence-electron chi connectivity index (χ0n) is 10.5. The van der Waals surface area contributed by atoms with Gasteiger partial charge in [-0.1, -0.05) is 6.92 Å². The normalized spacial score (nSPS) is 12.0. The summed E-state index contributed by atoms with van der Waals surface area (Å²) in [7, 11) is -0.641. The summed E-state index contributed by atoms with van der Waals surface area (Å²) >= 11 is 0. The first-order chi connectivity index (χ1) is 8.27. The van der Waals surface area contributed by atoms with Gasteiger partial charge in [-0.3, -0.25) is 0 Å². The summed E-state index contributed by atoms with van der Waals surface area (Å²) in [6.45, 7) is 2.34. The monoisotopic (exact) mass is 275 g/mol. The third-order valence-electron chi connectivity index (χ3n) is 2.17. The van der Waals surface area contributed by atoms with E-state index in [-0.39, 0.29) is 10.6 Å². The quantitative estimate of drug-likeness (QED) is 0.731. The maximum Gasteiger partial charge on any atom is 0.352 e. The Labute approximate surface area is 106 Å². The van der Waals surface area contributed by atoms with Gasteiger partial charge in [0.15, 0.2) is 0 Å². The first kappa shape index (κ1) is 14.7. The lowest BCUT2D eigenvalue weighted by atomic mass is 10.4. The summed E-state index contributed by atoms with van der Waals surface area (Å²) in [5.74, 6) is -1.14. The number of hydrogen-bond donors (Lipinski definition) is 2. The van der Waals surface area contributed by atoms with Crippen molar-refractivity contribution in [3.63, 3.8) is 0 Å². The van der Waals surface area contributed by atoms with E-state index in [1.807, 2.05) is 6.92 Å². The van der Waals surface area contributed by atoms with Crippen molar-refractivity contribution in [1.29, 1.82) is 0 Å². The largest absolute Gasteiger partial charge is 0.477 e. The molecule has 0 aliphatic heterocycles. The van der Waals surface area contributed by atoms with Gasteiger partial charge in [0.2, 0.25) is 0 Å². The Hall–Kier alpha value is -1.38. The van der Waals surface area contributed by atoms with Gasteiger partial charge in [0.1, 0.15) is 10.6 Å². The van der Waals surface area contributed by atoms with Crippen molar-refractivity contribution in [2.75, 3.05) is 14.1 Å². The summed E-state index contributed by atoms with van der Waals surface area (Å²) in [5, 5.41) is 10.3. The van der Waals surface area contributed by atoms with E-state index in [0.29, 0.717) is 6.54 Å². The van der Waals surface area contributed by atoms with Crippen LogP contribution < -0.4 is 4.83 Å². The standard InChI is InChI=1S/C10H17N3O4S/c1-4-5-13-7-8(6-9(13)10(14)15)18(16,17)11-12(2)3/h6-7,11H,4-5H2,1-3H3,(H,14,15). The molecule has 0 bridgehead atoms. The molecule has 7 nitrogen and oxygen atoms in total. The lowest BCUT2D eigenvalue weighted by Crippen LogP contribution is -2.35. The molecule has 1 rings (SSSR count). The third-order valence-corrected chi connectivity index (χ3v) is 3.62. The number of hydrogen-bond acceptors (Lipinski definition) is 4. The van der Waals surface area contributed by atoms with Crippen LogP contribution in [0.15, 0.2) is 17.2 Å². The third kappa shape index (κ3) is 3.31. The summed E-state index contributed by atoms with van der Waals surface area (Å²) in [5.41, 5.74) is -0.0315. The van der Waals surface area contributed by atoms with Crippen molar-refractivity contribution < 1.29 is 18.3 Å². The van der Waals surface area contributed by atoms with Gasteiger partial charge < -0.3 is 9.67 Å². The van der Waals surface area contributed by atoms with Gasteiger partial charge in [-0.05, 0) is 12.5 Å². The number of carboxylic acids is 1. The fourth-order valence-electron chi connectivity index (χ4n) is 1.53. The van der Waals surface area contributed by atoms with E-state index in [4.69, 9.17) is 5.11 Å². The molecule has 0 saturated heterocycles. The lowest BCUT2D eigenvalue weighted by molar-refractivity contribution is 0.0685. The van der Waals surface area contributed by atoms with Crippen LogP contribution in [0.25, 0.3) is 0 Å². The molecule has 0 unspecified atom stereocenters. The van der Waals surface area contributed by atoms with Gasteiger partial charge in [-0.2, -0.15) is 0 Å². The van der Waals surface area contributed by atoms with Crippen LogP contribution in [0.3, 0.4) is 0 Å². The first-order valence-corrected chi connectivity index (χ1v) is 6.89. The van der Waals surface area contributed by atoms with Crippen LogP contribution in [-0.2, 0) is 16.6 Å². The predicted molar refractivity (Wildman–Crippen MR) is 65.7 cm³/mol. The van der Waals surface area contributed by atoms with Crippen molar-refractivity contribution in [3.05, 3.63) is 18.0 Å². The van der Waals surface area contributed by atoms with Crippen molar-refractivity contribution in [3.8, 4) is 0 Å². The lowest BCUT2D eigenvalue weighted by Gasteiger charge is -2.10. The highest BCUT2D eigenvalue weighted by Gasteiger charge is 2.21. The molecule has 18 heavy (non-hydrogen) atoms. The smallest absolute Gasteiger partial charge is 0.352 e. The second-order valence-electron chi connectivity index (χ2n) is 4.05. The molecule has 0 spiro atoms. The van der Waals surface area contributed by atoms with Crippen LogP contribution in [0.4, 0.5) is 0 Å². The molecular formula is C10H17N3O4S. The Bertz CT molecular complexity index is 533. The summed E-state index contributed by atoms with van der Waals surface area (Å²) < 4.78 is 25.2. The van der Waals surface area contributed by atoms with E-state index < -0.39 is 16.0 Å². The van der Waals surface area contributed by atoms with E-state index in [1.165, 1.54) is 15.8 Å². The molecule has 1 aromatic heterocycles. The van der Waals surface area contributed by atoms with Gasteiger partial charge in [0, 0.05) is 26.8 Å². The summed E-state index contributed by atoms with van der Waals surface area (Å²) in [6, 6.07) is 1.16. The number of aromatic carboxylic acids is 1. The summed E-state index contributed by atoms with van der Waals surface area (Å²) in [4.78, 5) is 13.2. The molecule has 0 saturated carbocycles. The Kier molecular flexibility index (Phi) is 4.49. The second-order valence-corrected chi connectivity index (χ2v) is 5.71. The van der Waals surface area contributed by atoms with Crippen LogP contribution in [0.1, 0.15) is 23.8 Å². The minimum absolute atomic E-state index is 0.0315. The SMILES string of the molecule is CCCn1cc(S(=O)(=O)NN(C)C)cc1C(=O)O. The highest BCUT2D eigenvalue weighted by atomic mass is 32.2. The van der Waals surface area contributed by atoms with Crippen molar-refractivity contribution in [2.24, 2.45) is 0 Å². The van der Waals surface area contributed by atoms with Crippen LogP contribution in [0.2, 0.25) is 0 Å². The first-order valence-electron chi connectivity index (χ1n) is 5.41. The number of carbonyl (C=O) groups is 1. The highest BCUT2D eigenvalue weighted by molar-refractivity contribution is 7.89. The molecule has 8 heteroatoms. The molecule has 0 aromatic carbocycles. The van der Waals surface area contributed by atoms with Gasteiger partial charge in [0.25, 0.3) is 10.0 Å². The van der Waals surface area contributed by atoms with Crippen molar-refractivity contribution >= 4 is 16.0 Å². The molecule has 0 radical (unpaired) electrons. The molecule has 0 amide bonds. The van der Waals surface area contributed by atoms with Gasteiger partial charge in [0.05, 0.1) is 0 Å². The highest BCUT2D eigenvalue weighted by Crippen LogP contribution is 2.15. The number of nitrogens with zero attached hydrogens (tertiary/aromatic N) is 2. The van der Waals surface area contributed by atoms with Gasteiger partial charge >= 0.3 is 5.97 Å². The molecule has 2 N–H and O–H groups in total. The number of aromatic nitrogens is 1. The minimum Gasteiger partial charge on any atom is -0.477 e. The Morgan fingerprint density at radius 1 is 1.50 bits per heavy atom. The van der Waals surface area contributed by atoms with Gasteiger partial charge in [-0.15, -0.1) is 4.83 Å². The van der Waals surface area contributed by atoms with E-state index in [2.05, 4.69) is 4.83 Å². The zero-order chi connectivity index (χ0) is 13.9. The Morgan fingerprint density at radius 3 is 2.56 bits per heavy atom. The molecule has 0 aliphatic carbocycles. The topological polar surface area (TPSA) is 91.6 Å². The fourth-order valence-corrected chi connectivity index (χ4v) is 2.65. The Morgan fingerprint density at radius 2 is 2.11 bits per heavy atom. The van der Waals surface area contributed by atoms with Crippen molar-refractivity contribution in [1.82, 2.24) is 14.4 Å². The average molecular weight is 275 g/mol. The van der Waals surface area contributed by atoms with Crippen molar-refractivity contribution in [2.45, 2.75) is 24.8 Å². The van der Waals surface area contributed by atoms with Crippen LogP contribution >= 0.6 is 0 Å². The molecular weight excluding hydrogens is 258 g/mol. The van der Waals surface area contributed by atoms with E-state index in [0.717, 1.165) is 12.5 Å². The molecule has 0 fully saturated rings. The van der Waals surface area contributed by atoms with Crippen LogP contribution in [0.5, 0.6) is 0 Å². The summed E-state index contributed by atoms with van der Waals surface area (Å²) in [6.07, 6.45) is 2.05. The maximum atomic E-state index is 11.9. The maximum absolute atomic E-state index is 11.9. The molecule has 1 heterocycles. The minimum atomic E-state index is -3.72. The molecule has 0 atom stereocenters. The number of aryl methyl sites for hydroxylation is 1. The van der Waals surface area contributed by atoms with E-state index in [1.54, 1.807) is 14.1 Å². The second kappa shape index (κ2) is 5.51. The average Bonchev–Trinajstić information content (AvgIpc) is 2.61. The van der Waals surface area contributed by atoms with Crippen LogP contribution in [0, 0.1) is 0 Å². The van der Waals surface area contributed by atoms with E-state index >= 15 is 0 Å². The molecule has 102 valence electrons. The van der Waals surface area contributed by atoms with E-state index in [9.17, 15) is 13.2 Å². The zero-order valence-corrected chi connectivity index (χ0v) is 11.4. The molecule has 1 aromatic rings. The number of hydrazine groups is 1. The predicted octanol–water partition coefficient (Wildman–Crippen LogP) is 0.351. The van der Waals surface area contributed by atoms with Crippen LogP contribution in [-0.4, -0.2) is 43.2 Å². The number of nitrogens with one attached hydrogen (secondary N) is 1.